The van der Waals surface area contributed by atoms with E-state index in [1.807, 2.05) is 25.7 Å². The quantitative estimate of drug-likeness (QED) is 0.451. The molecule has 1 amide bonds. The van der Waals surface area contributed by atoms with E-state index in [2.05, 4.69) is 0 Å². The summed E-state index contributed by atoms with van der Waals surface area (Å²) in [7, 11) is 1.39. The van der Waals surface area contributed by atoms with Crippen LogP contribution in [0.3, 0.4) is 0 Å². The molecule has 1 atom stereocenters. The zero-order valence-electron chi connectivity index (χ0n) is 15.9. The second-order valence-corrected chi connectivity index (χ2v) is 7.25. The van der Waals surface area contributed by atoms with E-state index in [1.54, 1.807) is 0 Å². The second kappa shape index (κ2) is 11.5. The molecular weight excluding hydrogens is 306 g/mol. The summed E-state index contributed by atoms with van der Waals surface area (Å²) < 4.78 is 10.4. The van der Waals surface area contributed by atoms with E-state index in [0.717, 1.165) is 19.3 Å². The lowest BCUT2D eigenvalue weighted by molar-refractivity contribution is -0.146. The number of ether oxygens (including phenoxy) is 2. The largest absolute Gasteiger partial charge is 0.469 e. The van der Waals surface area contributed by atoms with Gasteiger partial charge in [0.1, 0.15) is 0 Å². The van der Waals surface area contributed by atoms with Crippen LogP contribution < -0.4 is 0 Å². The maximum Gasteiger partial charge on any atom is 0.310 e. The van der Waals surface area contributed by atoms with Gasteiger partial charge in [-0.3, -0.25) is 9.59 Å². The Labute approximate surface area is 147 Å². The van der Waals surface area contributed by atoms with Gasteiger partial charge in [0.15, 0.2) is 0 Å². The number of carbonyl (C=O) groups excluding carboxylic acids is 2. The van der Waals surface area contributed by atoms with Crippen LogP contribution in [0.15, 0.2) is 0 Å². The molecule has 1 unspecified atom stereocenters. The SMILES string of the molecule is COC(=O)C(C)CN(CCCOC(C)C)C(=O)CC1CCCCC1. The van der Waals surface area contributed by atoms with Gasteiger partial charge in [-0.25, -0.2) is 0 Å². The highest BCUT2D eigenvalue weighted by molar-refractivity contribution is 5.78. The Morgan fingerprint density at radius 1 is 1.12 bits per heavy atom. The zero-order valence-corrected chi connectivity index (χ0v) is 15.9. The fourth-order valence-corrected chi connectivity index (χ4v) is 3.27. The van der Waals surface area contributed by atoms with Crippen LogP contribution in [0.2, 0.25) is 0 Å². The van der Waals surface area contributed by atoms with Gasteiger partial charge in [-0.1, -0.05) is 26.2 Å². The number of amides is 1. The van der Waals surface area contributed by atoms with Gasteiger partial charge in [0, 0.05) is 26.1 Å². The minimum Gasteiger partial charge on any atom is -0.469 e. The van der Waals surface area contributed by atoms with Crippen molar-refractivity contribution in [3.05, 3.63) is 0 Å². The standard InChI is InChI=1S/C19H35NO4/c1-15(2)24-12-8-11-20(14-16(3)19(22)23-4)18(21)13-17-9-6-5-7-10-17/h15-17H,5-14H2,1-4H3. The van der Waals surface area contributed by atoms with Gasteiger partial charge in [-0.2, -0.15) is 0 Å². The lowest BCUT2D eigenvalue weighted by Crippen LogP contribution is -2.39. The topological polar surface area (TPSA) is 55.8 Å². The Balaban J connectivity index is 2.53. The number of hydrogen-bond acceptors (Lipinski definition) is 4. The van der Waals surface area contributed by atoms with Gasteiger partial charge in [0.2, 0.25) is 5.91 Å². The molecular formula is C19H35NO4. The molecule has 1 aliphatic carbocycles. The summed E-state index contributed by atoms with van der Waals surface area (Å²) in [6.07, 6.45) is 7.68. The maximum atomic E-state index is 12.7. The van der Waals surface area contributed by atoms with Gasteiger partial charge in [0.25, 0.3) is 0 Å². The lowest BCUT2D eigenvalue weighted by Gasteiger charge is -2.28. The van der Waals surface area contributed by atoms with Gasteiger partial charge >= 0.3 is 5.97 Å². The number of nitrogens with zero attached hydrogens (tertiary/aromatic N) is 1. The average Bonchev–Trinajstić information content (AvgIpc) is 2.57. The van der Waals surface area contributed by atoms with Gasteiger partial charge in [0.05, 0.1) is 19.1 Å². The Morgan fingerprint density at radius 2 is 1.79 bits per heavy atom. The first-order chi connectivity index (χ1) is 11.4. The van der Waals surface area contributed by atoms with Crippen molar-refractivity contribution in [2.24, 2.45) is 11.8 Å². The van der Waals surface area contributed by atoms with E-state index in [9.17, 15) is 9.59 Å². The Kier molecular flexibility index (Phi) is 9.99. The van der Waals surface area contributed by atoms with E-state index in [1.165, 1.54) is 26.4 Å². The molecule has 1 fully saturated rings. The van der Waals surface area contributed by atoms with Crippen molar-refractivity contribution in [2.75, 3.05) is 26.8 Å². The van der Waals surface area contributed by atoms with Crippen molar-refractivity contribution < 1.29 is 19.1 Å². The van der Waals surface area contributed by atoms with Crippen LogP contribution in [0.25, 0.3) is 0 Å². The average molecular weight is 341 g/mol. The molecule has 0 bridgehead atoms. The summed E-state index contributed by atoms with van der Waals surface area (Å²) in [5.41, 5.74) is 0. The van der Waals surface area contributed by atoms with Crippen LogP contribution in [0.5, 0.6) is 0 Å². The predicted octanol–water partition coefficient (Wildman–Crippen LogP) is 3.41. The molecule has 5 nitrogen and oxygen atoms in total. The number of methoxy groups -OCH3 is 1. The first-order valence-electron chi connectivity index (χ1n) is 9.41. The molecule has 24 heavy (non-hydrogen) atoms. The molecule has 1 saturated carbocycles. The fourth-order valence-electron chi connectivity index (χ4n) is 3.27. The molecule has 0 aromatic carbocycles. The highest BCUT2D eigenvalue weighted by atomic mass is 16.5. The summed E-state index contributed by atoms with van der Waals surface area (Å²) >= 11 is 0. The summed E-state index contributed by atoms with van der Waals surface area (Å²) in [6.45, 7) is 7.53. The summed E-state index contributed by atoms with van der Waals surface area (Å²) in [6, 6.07) is 0. The van der Waals surface area contributed by atoms with E-state index < -0.39 is 0 Å². The molecule has 1 rings (SSSR count). The van der Waals surface area contributed by atoms with E-state index in [-0.39, 0.29) is 23.9 Å². The molecule has 0 heterocycles. The van der Waals surface area contributed by atoms with Crippen molar-refractivity contribution in [1.82, 2.24) is 4.90 Å². The van der Waals surface area contributed by atoms with Crippen LogP contribution in [0, 0.1) is 11.8 Å². The second-order valence-electron chi connectivity index (χ2n) is 7.25. The molecule has 0 radical (unpaired) electrons. The lowest BCUT2D eigenvalue weighted by atomic mass is 9.86. The molecule has 0 aromatic heterocycles. The van der Waals surface area contributed by atoms with Crippen LogP contribution in [-0.2, 0) is 19.1 Å². The third-order valence-corrected chi connectivity index (χ3v) is 4.66. The van der Waals surface area contributed by atoms with Crippen LogP contribution in [0.4, 0.5) is 0 Å². The van der Waals surface area contributed by atoms with Crippen molar-refractivity contribution in [1.29, 1.82) is 0 Å². The molecule has 1 aliphatic rings. The van der Waals surface area contributed by atoms with Crippen molar-refractivity contribution in [3.8, 4) is 0 Å². The monoisotopic (exact) mass is 341 g/mol. The van der Waals surface area contributed by atoms with Gasteiger partial charge in [-0.05, 0) is 39.0 Å². The Bertz CT molecular complexity index is 378. The van der Waals surface area contributed by atoms with Crippen molar-refractivity contribution in [3.63, 3.8) is 0 Å². The number of carbonyl (C=O) groups is 2. The predicted molar refractivity (Wildman–Crippen MR) is 94.7 cm³/mol. The van der Waals surface area contributed by atoms with E-state index >= 15 is 0 Å². The van der Waals surface area contributed by atoms with Crippen molar-refractivity contribution in [2.45, 2.75) is 71.8 Å². The molecule has 5 heteroatoms. The molecule has 0 saturated heterocycles. The summed E-state index contributed by atoms with van der Waals surface area (Å²) in [5, 5.41) is 0. The smallest absolute Gasteiger partial charge is 0.310 e. The first-order valence-corrected chi connectivity index (χ1v) is 9.41. The highest BCUT2D eigenvalue weighted by Gasteiger charge is 2.24. The number of esters is 1. The first kappa shape index (κ1) is 20.9. The normalized spacial score (nSPS) is 16.9. The molecule has 0 N–H and O–H groups in total. The highest BCUT2D eigenvalue weighted by Crippen LogP contribution is 2.27. The van der Waals surface area contributed by atoms with E-state index in [4.69, 9.17) is 9.47 Å². The summed E-state index contributed by atoms with van der Waals surface area (Å²) in [4.78, 5) is 26.2. The zero-order chi connectivity index (χ0) is 17.9. The number of rotatable bonds is 10. The third-order valence-electron chi connectivity index (χ3n) is 4.66. The van der Waals surface area contributed by atoms with Crippen LogP contribution in [-0.4, -0.2) is 49.7 Å². The van der Waals surface area contributed by atoms with Crippen LogP contribution >= 0.6 is 0 Å². The van der Waals surface area contributed by atoms with Crippen LogP contribution in [0.1, 0.15) is 65.7 Å². The van der Waals surface area contributed by atoms with Gasteiger partial charge in [-0.15, -0.1) is 0 Å². The number of hydrogen-bond donors (Lipinski definition) is 0. The fraction of sp³-hybridized carbons (Fsp3) is 0.895. The third kappa shape index (κ3) is 8.13. The Hall–Kier alpha value is -1.10. The van der Waals surface area contributed by atoms with Crippen molar-refractivity contribution >= 4 is 11.9 Å². The Morgan fingerprint density at radius 3 is 2.38 bits per heavy atom. The maximum absolute atomic E-state index is 12.7. The van der Waals surface area contributed by atoms with Gasteiger partial charge < -0.3 is 14.4 Å². The minimum atomic E-state index is -0.295. The molecule has 0 aromatic rings. The minimum absolute atomic E-state index is 0.169. The summed E-state index contributed by atoms with van der Waals surface area (Å²) in [5.74, 6) is 0.122. The molecule has 0 spiro atoms. The van der Waals surface area contributed by atoms with E-state index in [0.29, 0.717) is 32.0 Å². The molecule has 0 aliphatic heterocycles. The molecule has 140 valence electrons.